The second-order valence-electron chi connectivity index (χ2n) is 5.18. The maximum absolute atomic E-state index is 12.1. The zero-order valence-electron chi connectivity index (χ0n) is 15.5. The molecule has 0 heterocycles. The molecule has 0 unspecified atom stereocenters. The van der Waals surface area contributed by atoms with E-state index >= 15 is 0 Å². The molecular weight excluding hydrogens is 368 g/mol. The maximum Gasteiger partial charge on any atom is 0.349 e. The number of hydrogen-bond acceptors (Lipinski definition) is 11. The van der Waals surface area contributed by atoms with Crippen LogP contribution in [0.15, 0.2) is 5.16 Å². The highest BCUT2D eigenvalue weighted by Crippen LogP contribution is 2.14. The summed E-state index contributed by atoms with van der Waals surface area (Å²) < 4.78 is 19.2. The van der Waals surface area contributed by atoms with Crippen LogP contribution < -0.4 is 5.32 Å². The molecule has 2 N–H and O–H groups in total. The van der Waals surface area contributed by atoms with Gasteiger partial charge in [-0.1, -0.05) is 5.16 Å². The summed E-state index contributed by atoms with van der Waals surface area (Å²) in [5.74, 6) is -4.29. The fourth-order valence-corrected chi connectivity index (χ4v) is 1.98. The maximum atomic E-state index is 12.1. The summed E-state index contributed by atoms with van der Waals surface area (Å²) in [5.41, 5.74) is -0.430. The summed E-state index contributed by atoms with van der Waals surface area (Å²) in [4.78, 5) is 57.5. The first-order valence-corrected chi connectivity index (χ1v) is 7.57. The molecule has 12 nitrogen and oxygen atoms in total. The fourth-order valence-electron chi connectivity index (χ4n) is 1.98. The van der Waals surface area contributed by atoms with Gasteiger partial charge in [-0.25, -0.2) is 4.79 Å². The van der Waals surface area contributed by atoms with E-state index in [2.05, 4.69) is 15.2 Å². The van der Waals surface area contributed by atoms with Crippen molar-refractivity contribution in [2.24, 2.45) is 5.16 Å². The van der Waals surface area contributed by atoms with Crippen molar-refractivity contribution in [2.75, 3.05) is 13.7 Å². The minimum atomic E-state index is -1.75. The lowest BCUT2D eigenvalue weighted by Gasteiger charge is -2.31. The fraction of sp³-hybridized carbons (Fsp3) is 0.600. The Hall–Kier alpha value is -3.18. The normalized spacial score (nSPS) is 14.2. The molecule has 0 spiro atoms. The molecule has 0 fully saturated rings. The number of carbonyl (C=O) groups is 5. The van der Waals surface area contributed by atoms with Gasteiger partial charge in [-0.2, -0.15) is 0 Å². The van der Waals surface area contributed by atoms with E-state index in [9.17, 15) is 29.2 Å². The molecule has 27 heavy (non-hydrogen) atoms. The minimum absolute atomic E-state index is 0.430. The summed E-state index contributed by atoms with van der Waals surface area (Å²) in [7, 11) is 1.00. The van der Waals surface area contributed by atoms with Gasteiger partial charge in [-0.05, 0) is 0 Å². The van der Waals surface area contributed by atoms with E-state index < -0.39 is 60.4 Å². The molecule has 3 atom stereocenters. The second kappa shape index (κ2) is 11.4. The Labute approximate surface area is 154 Å². The predicted octanol–water partition coefficient (Wildman–Crippen LogP) is -1.08. The molecule has 0 aromatic rings. The van der Waals surface area contributed by atoms with Gasteiger partial charge in [0.05, 0.1) is 7.11 Å². The van der Waals surface area contributed by atoms with Crippen molar-refractivity contribution in [1.29, 1.82) is 0 Å². The molecule has 0 aliphatic carbocycles. The van der Waals surface area contributed by atoms with Crippen LogP contribution in [0.2, 0.25) is 0 Å². The van der Waals surface area contributed by atoms with E-state index in [1.54, 1.807) is 0 Å². The van der Waals surface area contributed by atoms with Crippen LogP contribution in [0.3, 0.4) is 0 Å². The standard InChI is InChI=1S/C15H22N2O10/c1-7(18)16-12(14(15(22)24-5)27-10(4)21)13(26-9(3)20)11(17-23)6-25-8(2)19/h12-14,23H,6H2,1-5H3,(H,16,18)/b17-11-/t12-,13+,14+/m0/s1. The molecule has 0 saturated carbocycles. The van der Waals surface area contributed by atoms with Gasteiger partial charge in [0.2, 0.25) is 12.0 Å². The van der Waals surface area contributed by atoms with Crippen LogP contribution in [0.1, 0.15) is 27.7 Å². The molecule has 12 heteroatoms. The van der Waals surface area contributed by atoms with Crippen LogP contribution in [0, 0.1) is 0 Å². The number of ether oxygens (including phenoxy) is 4. The van der Waals surface area contributed by atoms with E-state index in [4.69, 9.17) is 14.2 Å². The first-order valence-electron chi connectivity index (χ1n) is 7.57. The number of methoxy groups -OCH3 is 1. The third kappa shape index (κ3) is 8.65. The van der Waals surface area contributed by atoms with Crippen LogP contribution in [-0.2, 0) is 42.9 Å². The van der Waals surface area contributed by atoms with Crippen molar-refractivity contribution in [2.45, 2.75) is 45.9 Å². The summed E-state index contributed by atoms with van der Waals surface area (Å²) in [6.45, 7) is 3.55. The first-order chi connectivity index (χ1) is 12.5. The lowest BCUT2D eigenvalue weighted by atomic mass is 9.99. The van der Waals surface area contributed by atoms with Crippen LogP contribution in [0.4, 0.5) is 0 Å². The lowest BCUT2D eigenvalue weighted by Crippen LogP contribution is -2.59. The summed E-state index contributed by atoms with van der Waals surface area (Å²) >= 11 is 0. The average molecular weight is 390 g/mol. The quantitative estimate of drug-likeness (QED) is 0.162. The van der Waals surface area contributed by atoms with Gasteiger partial charge in [0, 0.05) is 27.7 Å². The smallest absolute Gasteiger partial charge is 0.349 e. The molecule has 0 aliphatic heterocycles. The number of nitrogens with one attached hydrogen (secondary N) is 1. The zero-order valence-corrected chi connectivity index (χ0v) is 15.5. The monoisotopic (exact) mass is 390 g/mol. The summed E-state index contributed by atoms with van der Waals surface area (Å²) in [6.07, 6.45) is -3.38. The molecule has 0 aromatic carbocycles. The average Bonchev–Trinajstić information content (AvgIpc) is 2.55. The van der Waals surface area contributed by atoms with Crippen molar-refractivity contribution in [3.63, 3.8) is 0 Å². The number of oxime groups is 1. The van der Waals surface area contributed by atoms with Crippen LogP contribution in [0.25, 0.3) is 0 Å². The highest BCUT2D eigenvalue weighted by atomic mass is 16.6. The Kier molecular flexibility index (Phi) is 10.1. The molecule has 1 amide bonds. The third-order valence-electron chi connectivity index (χ3n) is 2.92. The summed E-state index contributed by atoms with van der Waals surface area (Å²) in [5, 5.41) is 14.4. The van der Waals surface area contributed by atoms with E-state index in [1.807, 2.05) is 0 Å². The van der Waals surface area contributed by atoms with Gasteiger partial charge in [0.1, 0.15) is 18.4 Å². The number of esters is 4. The van der Waals surface area contributed by atoms with E-state index in [0.29, 0.717) is 0 Å². The molecule has 0 bridgehead atoms. The Balaban J connectivity index is 6.12. The molecule has 0 rings (SSSR count). The largest absolute Gasteiger partial charge is 0.466 e. The third-order valence-corrected chi connectivity index (χ3v) is 2.92. The van der Waals surface area contributed by atoms with Crippen molar-refractivity contribution in [1.82, 2.24) is 5.32 Å². The van der Waals surface area contributed by atoms with Crippen molar-refractivity contribution in [3.8, 4) is 0 Å². The number of hydrogen-bond donors (Lipinski definition) is 2. The second-order valence-corrected chi connectivity index (χ2v) is 5.18. The lowest BCUT2D eigenvalue weighted by molar-refractivity contribution is -0.170. The predicted molar refractivity (Wildman–Crippen MR) is 86.6 cm³/mol. The molecule has 0 saturated heterocycles. The molecule has 0 aliphatic rings. The van der Waals surface area contributed by atoms with Crippen molar-refractivity contribution in [3.05, 3.63) is 0 Å². The molecule has 0 radical (unpaired) electrons. The number of rotatable bonds is 9. The van der Waals surface area contributed by atoms with Crippen molar-refractivity contribution >= 4 is 35.5 Å². The van der Waals surface area contributed by atoms with Gasteiger partial charge in [-0.3, -0.25) is 19.2 Å². The van der Waals surface area contributed by atoms with Gasteiger partial charge in [-0.15, -0.1) is 0 Å². The Morgan fingerprint density at radius 2 is 1.44 bits per heavy atom. The van der Waals surface area contributed by atoms with Crippen LogP contribution in [-0.4, -0.2) is 72.7 Å². The Morgan fingerprint density at radius 3 is 1.81 bits per heavy atom. The van der Waals surface area contributed by atoms with Gasteiger partial charge >= 0.3 is 23.9 Å². The van der Waals surface area contributed by atoms with E-state index in [0.717, 1.165) is 34.8 Å². The van der Waals surface area contributed by atoms with Gasteiger partial charge in [0.25, 0.3) is 0 Å². The van der Waals surface area contributed by atoms with Crippen LogP contribution in [0.5, 0.6) is 0 Å². The van der Waals surface area contributed by atoms with Crippen molar-refractivity contribution < 1.29 is 48.1 Å². The van der Waals surface area contributed by atoms with E-state index in [-0.39, 0.29) is 0 Å². The number of nitrogens with zero attached hydrogens (tertiary/aromatic N) is 1. The molecule has 152 valence electrons. The number of carbonyl (C=O) groups excluding carboxylic acids is 5. The molecular formula is C15H22N2O10. The highest BCUT2D eigenvalue weighted by molar-refractivity contribution is 5.94. The summed E-state index contributed by atoms with van der Waals surface area (Å²) in [6, 6.07) is -1.54. The van der Waals surface area contributed by atoms with Crippen LogP contribution >= 0.6 is 0 Å². The Morgan fingerprint density at radius 1 is 0.926 bits per heavy atom. The van der Waals surface area contributed by atoms with Gasteiger partial charge in [0.15, 0.2) is 6.10 Å². The highest BCUT2D eigenvalue weighted by Gasteiger charge is 2.43. The molecule has 0 aromatic heterocycles. The number of amides is 1. The SMILES string of the molecule is COC(=O)[C@H](OC(C)=O)[C@@H](NC(C)=O)[C@H](OC(C)=O)/C(COC(C)=O)=N\O. The minimum Gasteiger partial charge on any atom is -0.466 e. The Bertz CT molecular complexity index is 616. The topological polar surface area (TPSA) is 167 Å². The first kappa shape index (κ1) is 23.8. The van der Waals surface area contributed by atoms with Gasteiger partial charge < -0.3 is 29.5 Å². The van der Waals surface area contributed by atoms with E-state index in [1.165, 1.54) is 0 Å². The zero-order chi connectivity index (χ0) is 21.1.